The van der Waals surface area contributed by atoms with Gasteiger partial charge in [0.1, 0.15) is 12.6 Å². The van der Waals surface area contributed by atoms with E-state index in [1.165, 1.54) is 29.2 Å². The Morgan fingerprint density at radius 2 is 1.51 bits per heavy atom. The van der Waals surface area contributed by atoms with Gasteiger partial charge in [-0.3, -0.25) is 13.9 Å². The zero-order chi connectivity index (χ0) is 27.8. The minimum Gasteiger partial charge on any atom is -0.352 e. The van der Waals surface area contributed by atoms with E-state index in [1.54, 1.807) is 37.3 Å². The molecule has 1 saturated carbocycles. The molecule has 1 unspecified atom stereocenters. The van der Waals surface area contributed by atoms with Crippen molar-refractivity contribution in [2.45, 2.75) is 56.0 Å². The first-order valence-corrected chi connectivity index (χ1v) is 15.0. The number of nitrogens with one attached hydrogen (secondary N) is 1. The lowest BCUT2D eigenvalue weighted by atomic mass is 10.1. The maximum absolute atomic E-state index is 13.9. The fourth-order valence-electron chi connectivity index (χ4n) is 4.82. The lowest BCUT2D eigenvalue weighted by Crippen LogP contribution is -2.53. The number of amides is 2. The van der Waals surface area contributed by atoms with E-state index >= 15 is 0 Å². The van der Waals surface area contributed by atoms with Gasteiger partial charge in [0.15, 0.2) is 0 Å². The number of anilines is 1. The van der Waals surface area contributed by atoms with Crippen LogP contribution in [-0.2, 0) is 26.0 Å². The van der Waals surface area contributed by atoms with E-state index < -0.39 is 28.5 Å². The lowest BCUT2D eigenvalue weighted by Gasteiger charge is -2.32. The summed E-state index contributed by atoms with van der Waals surface area (Å²) in [4.78, 5) is 28.6. The summed E-state index contributed by atoms with van der Waals surface area (Å²) in [6.07, 6.45) is 4.53. The molecule has 0 radical (unpaired) electrons. The molecule has 4 rings (SSSR count). The summed E-state index contributed by atoms with van der Waals surface area (Å²) >= 11 is 5.99. The number of hydrogen-bond acceptors (Lipinski definition) is 4. The fourth-order valence-corrected chi connectivity index (χ4v) is 6.36. The first kappa shape index (κ1) is 28.6. The molecule has 0 heterocycles. The van der Waals surface area contributed by atoms with Gasteiger partial charge in [-0.15, -0.1) is 0 Å². The maximum Gasteiger partial charge on any atom is 0.264 e. The third kappa shape index (κ3) is 7.40. The number of sulfonamides is 1. The monoisotopic (exact) mass is 567 g/mol. The van der Waals surface area contributed by atoms with Crippen LogP contribution >= 0.6 is 11.6 Å². The van der Waals surface area contributed by atoms with Gasteiger partial charge in [-0.05, 0) is 68.1 Å². The quantitative estimate of drug-likeness (QED) is 0.351. The van der Waals surface area contributed by atoms with Crippen molar-refractivity contribution in [3.05, 3.63) is 95.5 Å². The van der Waals surface area contributed by atoms with E-state index in [4.69, 9.17) is 11.6 Å². The second-order valence-electron chi connectivity index (χ2n) is 9.79. The van der Waals surface area contributed by atoms with Crippen molar-refractivity contribution in [2.24, 2.45) is 0 Å². The molecule has 7 nitrogen and oxygen atoms in total. The molecule has 1 fully saturated rings. The van der Waals surface area contributed by atoms with E-state index in [-0.39, 0.29) is 23.4 Å². The first-order valence-electron chi connectivity index (χ1n) is 13.2. The zero-order valence-corrected chi connectivity index (χ0v) is 23.6. The van der Waals surface area contributed by atoms with Crippen molar-refractivity contribution in [3.8, 4) is 0 Å². The minimum absolute atomic E-state index is 0.0198. The van der Waals surface area contributed by atoms with E-state index in [0.717, 1.165) is 35.6 Å². The molecule has 39 heavy (non-hydrogen) atoms. The molecule has 0 aromatic heterocycles. The highest BCUT2D eigenvalue weighted by Gasteiger charge is 2.33. The third-order valence-corrected chi connectivity index (χ3v) is 9.12. The van der Waals surface area contributed by atoms with E-state index in [9.17, 15) is 18.0 Å². The molecule has 1 N–H and O–H groups in total. The average molecular weight is 568 g/mol. The van der Waals surface area contributed by atoms with E-state index in [2.05, 4.69) is 5.32 Å². The fraction of sp³-hybridized carbons (Fsp3) is 0.333. The van der Waals surface area contributed by atoms with Crippen LogP contribution in [0, 0.1) is 0 Å². The number of halogens is 1. The Morgan fingerprint density at radius 3 is 2.13 bits per heavy atom. The molecule has 0 spiro atoms. The van der Waals surface area contributed by atoms with Crippen LogP contribution in [0.3, 0.4) is 0 Å². The van der Waals surface area contributed by atoms with E-state index in [0.29, 0.717) is 17.1 Å². The van der Waals surface area contributed by atoms with Crippen LogP contribution in [0.2, 0.25) is 5.02 Å². The Labute approximate surface area is 235 Å². The SMILES string of the molecule is CC(C(=O)NC1CCCC1)N(CCc1ccccc1)C(=O)CN(c1ccccc1)S(=O)(=O)c1ccc(Cl)cc1. The highest BCUT2D eigenvalue weighted by atomic mass is 35.5. The minimum atomic E-state index is -4.10. The molecule has 9 heteroatoms. The van der Waals surface area contributed by atoms with Gasteiger partial charge in [-0.1, -0.05) is 73.0 Å². The Kier molecular flexibility index (Phi) is 9.64. The predicted molar refractivity (Wildman–Crippen MR) is 154 cm³/mol. The summed E-state index contributed by atoms with van der Waals surface area (Å²) in [5.41, 5.74) is 1.37. The Balaban J connectivity index is 1.62. The second-order valence-corrected chi connectivity index (χ2v) is 12.1. The standard InChI is InChI=1S/C30H34ClN3O4S/c1-23(30(36)32-26-12-8-9-13-26)33(21-20-24-10-4-2-5-11-24)29(35)22-34(27-14-6-3-7-15-27)39(37,38)28-18-16-25(31)17-19-28/h2-7,10-11,14-19,23,26H,8-9,12-13,20-22H2,1H3,(H,32,36). The van der Waals surface area contributed by atoms with Gasteiger partial charge in [-0.2, -0.15) is 0 Å². The summed E-state index contributed by atoms with van der Waals surface area (Å²) in [7, 11) is -4.10. The second kappa shape index (κ2) is 13.1. The molecule has 1 atom stereocenters. The number of carbonyl (C=O) groups excluding carboxylic acids is 2. The molecule has 0 bridgehead atoms. The average Bonchev–Trinajstić information content (AvgIpc) is 3.46. The Bertz CT molecular complexity index is 1350. The molecular formula is C30H34ClN3O4S. The van der Waals surface area contributed by atoms with Gasteiger partial charge < -0.3 is 10.2 Å². The normalized spacial score (nSPS) is 14.5. The summed E-state index contributed by atoms with van der Waals surface area (Å²) in [6, 6.07) is 23.4. The Hall–Kier alpha value is -3.36. The van der Waals surface area contributed by atoms with Crippen molar-refractivity contribution in [3.63, 3.8) is 0 Å². The van der Waals surface area contributed by atoms with Gasteiger partial charge in [-0.25, -0.2) is 8.42 Å². The Morgan fingerprint density at radius 1 is 0.923 bits per heavy atom. The van der Waals surface area contributed by atoms with Crippen molar-refractivity contribution < 1.29 is 18.0 Å². The van der Waals surface area contributed by atoms with Crippen LogP contribution in [0.5, 0.6) is 0 Å². The van der Waals surface area contributed by atoms with Crippen LogP contribution in [-0.4, -0.2) is 50.3 Å². The molecule has 3 aromatic carbocycles. The lowest BCUT2D eigenvalue weighted by molar-refractivity contribution is -0.139. The van der Waals surface area contributed by atoms with Gasteiger partial charge >= 0.3 is 0 Å². The first-order chi connectivity index (χ1) is 18.8. The largest absolute Gasteiger partial charge is 0.352 e. The summed E-state index contributed by atoms with van der Waals surface area (Å²) in [5.74, 6) is -0.684. The van der Waals surface area contributed by atoms with Crippen molar-refractivity contribution >= 4 is 39.1 Å². The van der Waals surface area contributed by atoms with Gasteiger partial charge in [0.25, 0.3) is 10.0 Å². The van der Waals surface area contributed by atoms with Gasteiger partial charge in [0.2, 0.25) is 11.8 Å². The smallest absolute Gasteiger partial charge is 0.264 e. The molecule has 3 aromatic rings. The van der Waals surface area contributed by atoms with Crippen LogP contribution < -0.4 is 9.62 Å². The van der Waals surface area contributed by atoms with Gasteiger partial charge in [0.05, 0.1) is 10.6 Å². The highest BCUT2D eigenvalue weighted by molar-refractivity contribution is 7.92. The van der Waals surface area contributed by atoms with Crippen LogP contribution in [0.4, 0.5) is 5.69 Å². The number of rotatable bonds is 11. The highest BCUT2D eigenvalue weighted by Crippen LogP contribution is 2.25. The number of nitrogens with zero attached hydrogens (tertiary/aromatic N) is 2. The van der Waals surface area contributed by atoms with E-state index in [1.807, 2.05) is 30.3 Å². The zero-order valence-electron chi connectivity index (χ0n) is 22.0. The topological polar surface area (TPSA) is 86.8 Å². The predicted octanol–water partition coefficient (Wildman–Crippen LogP) is 5.05. The number of benzene rings is 3. The summed E-state index contributed by atoms with van der Waals surface area (Å²) < 4.78 is 28.6. The van der Waals surface area contributed by atoms with Crippen LogP contribution in [0.1, 0.15) is 38.2 Å². The molecule has 1 aliphatic rings. The van der Waals surface area contributed by atoms with Crippen LogP contribution in [0.25, 0.3) is 0 Å². The van der Waals surface area contributed by atoms with Crippen molar-refractivity contribution in [2.75, 3.05) is 17.4 Å². The molecule has 0 saturated heterocycles. The van der Waals surface area contributed by atoms with Crippen molar-refractivity contribution in [1.29, 1.82) is 0 Å². The number of hydrogen-bond donors (Lipinski definition) is 1. The van der Waals surface area contributed by atoms with Crippen LogP contribution in [0.15, 0.2) is 89.8 Å². The van der Waals surface area contributed by atoms with Gasteiger partial charge in [0, 0.05) is 17.6 Å². The number of para-hydroxylation sites is 1. The molecule has 206 valence electrons. The number of carbonyl (C=O) groups is 2. The third-order valence-electron chi connectivity index (χ3n) is 7.08. The summed E-state index contributed by atoms with van der Waals surface area (Å²) in [5, 5.41) is 3.49. The summed E-state index contributed by atoms with van der Waals surface area (Å²) in [6.45, 7) is 1.52. The molecule has 0 aliphatic heterocycles. The molecular weight excluding hydrogens is 534 g/mol. The molecule has 1 aliphatic carbocycles. The molecule has 2 amide bonds. The van der Waals surface area contributed by atoms with Crippen molar-refractivity contribution in [1.82, 2.24) is 10.2 Å². The maximum atomic E-state index is 13.9.